The molecule has 1 heterocycles. The van der Waals surface area contributed by atoms with Crippen molar-refractivity contribution in [2.24, 2.45) is 7.05 Å². The predicted molar refractivity (Wildman–Crippen MR) is 64.0 cm³/mol. The van der Waals surface area contributed by atoms with Crippen molar-refractivity contribution in [3.05, 3.63) is 40.6 Å². The van der Waals surface area contributed by atoms with E-state index in [1.807, 2.05) is 0 Å². The molecule has 7 nitrogen and oxygen atoms in total. The number of nitrogens with two attached hydrogens (primary N) is 1. The first-order chi connectivity index (χ1) is 8.06. The van der Waals surface area contributed by atoms with Crippen LogP contribution in [-0.2, 0) is 7.05 Å². The molecule has 0 saturated carbocycles. The number of nitrogens with one attached hydrogen (secondary N) is 1. The maximum atomic E-state index is 10.5. The Kier molecular flexibility index (Phi) is 2.65. The van der Waals surface area contributed by atoms with E-state index in [0.717, 1.165) is 0 Å². The van der Waals surface area contributed by atoms with E-state index in [1.54, 1.807) is 30.1 Å². The number of nitro benzene ring substituents is 1. The summed E-state index contributed by atoms with van der Waals surface area (Å²) in [7, 11) is 1.80. The number of rotatable bonds is 3. The molecule has 0 amide bonds. The first-order valence-corrected chi connectivity index (χ1v) is 4.87. The van der Waals surface area contributed by atoms with Crippen molar-refractivity contribution in [1.82, 2.24) is 9.78 Å². The Morgan fingerprint density at radius 2 is 2.24 bits per heavy atom. The summed E-state index contributed by atoms with van der Waals surface area (Å²) in [6, 6.07) is 6.04. The topological polar surface area (TPSA) is 99.0 Å². The molecule has 0 saturated heterocycles. The Morgan fingerprint density at radius 3 is 2.76 bits per heavy atom. The smallest absolute Gasteiger partial charge is 0.271 e. The van der Waals surface area contributed by atoms with Crippen molar-refractivity contribution in [2.45, 2.75) is 0 Å². The Morgan fingerprint density at radius 1 is 1.47 bits per heavy atom. The van der Waals surface area contributed by atoms with Gasteiger partial charge in [0.2, 0.25) is 0 Å². The van der Waals surface area contributed by atoms with Crippen molar-refractivity contribution in [3.63, 3.8) is 0 Å². The van der Waals surface area contributed by atoms with E-state index in [1.165, 1.54) is 12.1 Å². The van der Waals surface area contributed by atoms with Gasteiger partial charge in [-0.15, -0.1) is 0 Å². The van der Waals surface area contributed by atoms with Gasteiger partial charge in [-0.25, -0.2) is 0 Å². The van der Waals surface area contributed by atoms with Gasteiger partial charge in [0.1, 0.15) is 0 Å². The number of hydrogen-bond donors (Lipinski definition) is 2. The van der Waals surface area contributed by atoms with Crippen LogP contribution >= 0.6 is 0 Å². The van der Waals surface area contributed by atoms with Gasteiger partial charge in [0.25, 0.3) is 5.69 Å². The maximum Gasteiger partial charge on any atom is 0.271 e. The lowest BCUT2D eigenvalue weighted by molar-refractivity contribution is -0.384. The maximum absolute atomic E-state index is 10.5. The standard InChI is InChI=1S/C10H11N5O2/c1-14-5-4-10(13-14)12-9-3-2-7(15(16)17)6-8(9)11/h2-6H,11H2,1H3,(H,12,13). The molecule has 0 fully saturated rings. The number of nitrogens with zero attached hydrogens (tertiary/aromatic N) is 3. The first kappa shape index (κ1) is 10.9. The summed E-state index contributed by atoms with van der Waals surface area (Å²) in [5.41, 5.74) is 6.58. The van der Waals surface area contributed by atoms with Gasteiger partial charge < -0.3 is 11.1 Å². The monoisotopic (exact) mass is 233 g/mol. The van der Waals surface area contributed by atoms with Crippen LogP contribution in [0.1, 0.15) is 0 Å². The molecule has 1 aromatic heterocycles. The van der Waals surface area contributed by atoms with Gasteiger partial charge in [0.05, 0.1) is 16.3 Å². The Labute approximate surface area is 97.0 Å². The lowest BCUT2D eigenvalue weighted by atomic mass is 10.2. The fraction of sp³-hybridized carbons (Fsp3) is 0.100. The third-order valence-electron chi connectivity index (χ3n) is 2.22. The molecule has 0 radical (unpaired) electrons. The highest BCUT2D eigenvalue weighted by molar-refractivity contribution is 5.73. The molecule has 0 atom stereocenters. The highest BCUT2D eigenvalue weighted by atomic mass is 16.6. The van der Waals surface area contributed by atoms with Crippen molar-refractivity contribution < 1.29 is 4.92 Å². The van der Waals surface area contributed by atoms with E-state index in [4.69, 9.17) is 5.73 Å². The summed E-state index contributed by atoms with van der Waals surface area (Å²) in [5.74, 6) is 0.632. The number of non-ortho nitro benzene ring substituents is 1. The molecule has 0 aliphatic carbocycles. The van der Waals surface area contributed by atoms with Crippen LogP contribution in [0.25, 0.3) is 0 Å². The minimum absolute atomic E-state index is 0.0333. The zero-order valence-electron chi connectivity index (χ0n) is 9.12. The van der Waals surface area contributed by atoms with Gasteiger partial charge >= 0.3 is 0 Å². The Hall–Kier alpha value is -2.57. The highest BCUT2D eigenvalue weighted by Crippen LogP contribution is 2.26. The fourth-order valence-electron chi connectivity index (χ4n) is 1.40. The molecule has 88 valence electrons. The van der Waals surface area contributed by atoms with E-state index in [9.17, 15) is 10.1 Å². The molecule has 17 heavy (non-hydrogen) atoms. The van der Waals surface area contributed by atoms with Gasteiger partial charge in [0, 0.05) is 31.4 Å². The van der Waals surface area contributed by atoms with Crippen molar-refractivity contribution in [2.75, 3.05) is 11.1 Å². The predicted octanol–water partition coefficient (Wildman–Crippen LogP) is 1.65. The molecular weight excluding hydrogens is 222 g/mol. The summed E-state index contributed by atoms with van der Waals surface area (Å²) in [6.45, 7) is 0. The number of anilines is 3. The molecule has 0 bridgehead atoms. The van der Waals surface area contributed by atoms with Crippen LogP contribution in [0.2, 0.25) is 0 Å². The molecule has 1 aromatic carbocycles. The van der Waals surface area contributed by atoms with Crippen LogP contribution in [-0.4, -0.2) is 14.7 Å². The molecule has 0 aliphatic heterocycles. The van der Waals surface area contributed by atoms with Crippen LogP contribution in [0.5, 0.6) is 0 Å². The molecule has 0 aliphatic rings. The lowest BCUT2D eigenvalue weighted by Gasteiger charge is -2.06. The average molecular weight is 233 g/mol. The van der Waals surface area contributed by atoms with Crippen LogP contribution in [0.3, 0.4) is 0 Å². The lowest BCUT2D eigenvalue weighted by Crippen LogP contribution is -1.99. The molecular formula is C10H11N5O2. The summed E-state index contributed by atoms with van der Waals surface area (Å²) in [4.78, 5) is 10.1. The number of aryl methyl sites for hydroxylation is 1. The van der Waals surface area contributed by atoms with Crippen LogP contribution < -0.4 is 11.1 Å². The second-order valence-corrected chi connectivity index (χ2v) is 3.53. The van der Waals surface area contributed by atoms with Crippen LogP contribution in [0.15, 0.2) is 30.5 Å². The molecule has 2 aromatic rings. The summed E-state index contributed by atoms with van der Waals surface area (Å²) < 4.78 is 1.64. The van der Waals surface area contributed by atoms with Gasteiger partial charge in [-0.2, -0.15) is 5.10 Å². The van der Waals surface area contributed by atoms with Crippen molar-refractivity contribution >= 4 is 22.9 Å². The third kappa shape index (κ3) is 2.33. The number of nitro groups is 1. The number of aromatic nitrogens is 2. The Bertz CT molecular complexity index is 564. The van der Waals surface area contributed by atoms with E-state index in [0.29, 0.717) is 17.2 Å². The molecule has 0 unspecified atom stereocenters. The third-order valence-corrected chi connectivity index (χ3v) is 2.22. The van der Waals surface area contributed by atoms with E-state index >= 15 is 0 Å². The summed E-state index contributed by atoms with van der Waals surface area (Å²) in [6.07, 6.45) is 1.78. The zero-order chi connectivity index (χ0) is 12.4. The highest BCUT2D eigenvalue weighted by Gasteiger charge is 2.09. The number of hydrogen-bond acceptors (Lipinski definition) is 5. The first-order valence-electron chi connectivity index (χ1n) is 4.87. The van der Waals surface area contributed by atoms with E-state index < -0.39 is 4.92 Å². The second-order valence-electron chi connectivity index (χ2n) is 3.53. The molecule has 2 rings (SSSR count). The van der Waals surface area contributed by atoms with E-state index in [2.05, 4.69) is 10.4 Å². The van der Waals surface area contributed by atoms with Crippen molar-refractivity contribution in [3.8, 4) is 0 Å². The molecule has 3 N–H and O–H groups in total. The minimum Gasteiger partial charge on any atom is -0.397 e. The van der Waals surface area contributed by atoms with Gasteiger partial charge in [-0.05, 0) is 6.07 Å². The second kappa shape index (κ2) is 4.12. The summed E-state index contributed by atoms with van der Waals surface area (Å²) in [5, 5.41) is 17.6. The Balaban J connectivity index is 2.25. The average Bonchev–Trinajstić information content (AvgIpc) is 2.67. The molecule has 0 spiro atoms. The SMILES string of the molecule is Cn1ccc(Nc2ccc([N+](=O)[O-])cc2N)n1. The fourth-order valence-corrected chi connectivity index (χ4v) is 1.40. The number of benzene rings is 1. The number of nitrogen functional groups attached to an aromatic ring is 1. The van der Waals surface area contributed by atoms with Gasteiger partial charge in [0.15, 0.2) is 5.82 Å². The minimum atomic E-state index is -0.485. The van der Waals surface area contributed by atoms with Crippen molar-refractivity contribution in [1.29, 1.82) is 0 Å². The quantitative estimate of drug-likeness (QED) is 0.477. The van der Waals surface area contributed by atoms with Gasteiger partial charge in [-0.3, -0.25) is 14.8 Å². The van der Waals surface area contributed by atoms with Crippen LogP contribution in [0.4, 0.5) is 22.9 Å². The largest absolute Gasteiger partial charge is 0.397 e. The van der Waals surface area contributed by atoms with Crippen LogP contribution in [0, 0.1) is 10.1 Å². The zero-order valence-corrected chi connectivity index (χ0v) is 9.12. The van der Waals surface area contributed by atoms with E-state index in [-0.39, 0.29) is 5.69 Å². The van der Waals surface area contributed by atoms with Gasteiger partial charge in [-0.1, -0.05) is 0 Å². The normalized spacial score (nSPS) is 10.2. The summed E-state index contributed by atoms with van der Waals surface area (Å²) >= 11 is 0. The molecule has 7 heteroatoms.